The lowest BCUT2D eigenvalue weighted by Gasteiger charge is -1.94. The lowest BCUT2D eigenvalue weighted by Crippen LogP contribution is -1.90. The number of halogens is 1. The van der Waals surface area contributed by atoms with Gasteiger partial charge >= 0.3 is 0 Å². The van der Waals surface area contributed by atoms with Gasteiger partial charge in [0.25, 0.3) is 0 Å². The van der Waals surface area contributed by atoms with Gasteiger partial charge in [0.2, 0.25) is 0 Å². The largest absolute Gasteiger partial charge is 0.258 e. The smallest absolute Gasteiger partial charge is 0.141 e. The van der Waals surface area contributed by atoms with E-state index in [0.29, 0.717) is 5.92 Å². The molecule has 1 atom stereocenters. The summed E-state index contributed by atoms with van der Waals surface area (Å²) in [6.07, 6.45) is 3.30. The van der Waals surface area contributed by atoms with Crippen molar-refractivity contribution in [3.63, 3.8) is 0 Å². The summed E-state index contributed by atoms with van der Waals surface area (Å²) in [5, 5.41) is 0. The van der Waals surface area contributed by atoms with Crippen LogP contribution < -0.4 is 0 Å². The number of pyridine rings is 1. The van der Waals surface area contributed by atoms with E-state index in [2.05, 4.69) is 11.9 Å². The minimum atomic E-state index is -0.210. The Kier molecular flexibility index (Phi) is 1.41. The first-order chi connectivity index (χ1) is 5.25. The Morgan fingerprint density at radius 2 is 2.36 bits per heavy atom. The first-order valence-corrected chi connectivity index (χ1v) is 3.89. The summed E-state index contributed by atoms with van der Waals surface area (Å²) in [7, 11) is 0. The van der Waals surface area contributed by atoms with Crippen LogP contribution in [0.5, 0.6) is 0 Å². The van der Waals surface area contributed by atoms with Crippen LogP contribution in [0.2, 0.25) is 0 Å². The minimum absolute atomic E-state index is 0.210. The molecular formula is C9H10FN. The molecule has 1 aliphatic rings. The number of fused-ring (bicyclic) bond motifs is 1. The molecule has 0 radical (unpaired) electrons. The molecule has 0 aliphatic heterocycles. The Hall–Kier alpha value is -0.920. The van der Waals surface area contributed by atoms with E-state index >= 15 is 0 Å². The zero-order valence-corrected chi connectivity index (χ0v) is 6.47. The van der Waals surface area contributed by atoms with Crippen molar-refractivity contribution in [2.45, 2.75) is 19.8 Å². The Morgan fingerprint density at radius 3 is 3.18 bits per heavy atom. The third-order valence-corrected chi connectivity index (χ3v) is 2.14. The Labute approximate surface area is 65.3 Å². The van der Waals surface area contributed by atoms with E-state index in [0.717, 1.165) is 24.1 Å². The van der Waals surface area contributed by atoms with Gasteiger partial charge in [0.05, 0.1) is 6.20 Å². The van der Waals surface area contributed by atoms with Gasteiger partial charge < -0.3 is 0 Å². The van der Waals surface area contributed by atoms with Crippen molar-refractivity contribution >= 4 is 0 Å². The van der Waals surface area contributed by atoms with Crippen LogP contribution in [0.1, 0.15) is 18.2 Å². The predicted molar refractivity (Wildman–Crippen MR) is 40.8 cm³/mol. The maximum absolute atomic E-state index is 12.6. The minimum Gasteiger partial charge on any atom is -0.258 e. The molecule has 1 aliphatic carbocycles. The number of nitrogens with zero attached hydrogens (tertiary/aromatic N) is 1. The van der Waals surface area contributed by atoms with Gasteiger partial charge in [0.1, 0.15) is 5.82 Å². The molecule has 1 unspecified atom stereocenters. The third kappa shape index (κ3) is 1.13. The number of rotatable bonds is 0. The van der Waals surface area contributed by atoms with Crippen LogP contribution in [0.25, 0.3) is 0 Å². The monoisotopic (exact) mass is 151 g/mol. The molecule has 58 valence electrons. The molecule has 2 rings (SSSR count). The Bertz CT molecular complexity index is 283. The topological polar surface area (TPSA) is 12.9 Å². The fourth-order valence-corrected chi connectivity index (χ4v) is 1.65. The van der Waals surface area contributed by atoms with E-state index in [1.165, 1.54) is 6.20 Å². The zero-order valence-electron chi connectivity index (χ0n) is 6.47. The van der Waals surface area contributed by atoms with Gasteiger partial charge in [-0.1, -0.05) is 6.92 Å². The summed E-state index contributed by atoms with van der Waals surface area (Å²) in [5.74, 6) is 0.428. The summed E-state index contributed by atoms with van der Waals surface area (Å²) in [6, 6.07) is 1.60. The Balaban J connectivity index is 2.43. The molecule has 0 saturated heterocycles. The van der Waals surface area contributed by atoms with Crippen molar-refractivity contribution in [3.05, 3.63) is 29.3 Å². The van der Waals surface area contributed by atoms with Crippen LogP contribution in [-0.2, 0) is 12.8 Å². The highest BCUT2D eigenvalue weighted by Crippen LogP contribution is 2.24. The van der Waals surface area contributed by atoms with E-state index < -0.39 is 0 Å². The third-order valence-electron chi connectivity index (χ3n) is 2.14. The van der Waals surface area contributed by atoms with Gasteiger partial charge in [-0.2, -0.15) is 0 Å². The summed E-state index contributed by atoms with van der Waals surface area (Å²) in [5.41, 5.74) is 2.18. The van der Waals surface area contributed by atoms with Crippen molar-refractivity contribution in [3.8, 4) is 0 Å². The van der Waals surface area contributed by atoms with E-state index in [1.54, 1.807) is 6.07 Å². The molecule has 0 bridgehead atoms. The first kappa shape index (κ1) is 6.77. The fraction of sp³-hybridized carbons (Fsp3) is 0.444. The molecule has 0 N–H and O–H groups in total. The van der Waals surface area contributed by atoms with Gasteiger partial charge in [-0.25, -0.2) is 4.39 Å². The lowest BCUT2D eigenvalue weighted by atomic mass is 10.1. The van der Waals surface area contributed by atoms with Gasteiger partial charge in [0, 0.05) is 5.69 Å². The van der Waals surface area contributed by atoms with Crippen LogP contribution >= 0.6 is 0 Å². The van der Waals surface area contributed by atoms with Crippen molar-refractivity contribution in [2.24, 2.45) is 5.92 Å². The number of aromatic nitrogens is 1. The fourth-order valence-electron chi connectivity index (χ4n) is 1.65. The van der Waals surface area contributed by atoms with Gasteiger partial charge in [-0.3, -0.25) is 4.98 Å². The molecule has 1 nitrogen and oxygen atoms in total. The van der Waals surface area contributed by atoms with Crippen LogP contribution in [0, 0.1) is 11.7 Å². The van der Waals surface area contributed by atoms with Gasteiger partial charge in [-0.05, 0) is 30.4 Å². The average molecular weight is 151 g/mol. The molecule has 1 heterocycles. The summed E-state index contributed by atoms with van der Waals surface area (Å²) in [6.45, 7) is 2.17. The molecule has 0 spiro atoms. The quantitative estimate of drug-likeness (QED) is 0.552. The first-order valence-electron chi connectivity index (χ1n) is 3.89. The highest BCUT2D eigenvalue weighted by molar-refractivity contribution is 5.25. The van der Waals surface area contributed by atoms with Crippen molar-refractivity contribution in [1.29, 1.82) is 0 Å². The standard InChI is InChI=1S/C9H10FN/c1-6-2-7-4-8(10)5-11-9(7)3-6/h4-6H,2-3H2,1H3. The average Bonchev–Trinajstić information content (AvgIpc) is 2.27. The number of hydrogen-bond donors (Lipinski definition) is 0. The summed E-state index contributed by atoms with van der Waals surface area (Å²) < 4.78 is 12.6. The molecule has 0 fully saturated rings. The summed E-state index contributed by atoms with van der Waals surface area (Å²) >= 11 is 0. The highest BCUT2D eigenvalue weighted by atomic mass is 19.1. The normalized spacial score (nSPS) is 21.8. The second kappa shape index (κ2) is 2.29. The van der Waals surface area contributed by atoms with Gasteiger partial charge in [-0.15, -0.1) is 0 Å². The highest BCUT2D eigenvalue weighted by Gasteiger charge is 2.18. The molecule has 1 aromatic heterocycles. The van der Waals surface area contributed by atoms with Crippen LogP contribution in [0.3, 0.4) is 0 Å². The van der Waals surface area contributed by atoms with E-state index in [4.69, 9.17) is 0 Å². The molecular weight excluding hydrogens is 141 g/mol. The van der Waals surface area contributed by atoms with E-state index in [9.17, 15) is 4.39 Å². The van der Waals surface area contributed by atoms with Crippen molar-refractivity contribution in [2.75, 3.05) is 0 Å². The van der Waals surface area contributed by atoms with Crippen molar-refractivity contribution < 1.29 is 4.39 Å². The molecule has 2 heteroatoms. The predicted octanol–water partition coefficient (Wildman–Crippen LogP) is 1.96. The maximum atomic E-state index is 12.6. The van der Waals surface area contributed by atoms with Crippen LogP contribution in [0.15, 0.2) is 12.3 Å². The molecule has 0 aromatic carbocycles. The molecule has 1 aromatic rings. The van der Waals surface area contributed by atoms with Crippen LogP contribution in [0.4, 0.5) is 4.39 Å². The summed E-state index contributed by atoms with van der Waals surface area (Å²) in [4.78, 5) is 4.03. The lowest BCUT2D eigenvalue weighted by molar-refractivity contribution is 0.617. The zero-order chi connectivity index (χ0) is 7.84. The van der Waals surface area contributed by atoms with Crippen LogP contribution in [-0.4, -0.2) is 4.98 Å². The van der Waals surface area contributed by atoms with E-state index in [-0.39, 0.29) is 5.82 Å². The van der Waals surface area contributed by atoms with E-state index in [1.807, 2.05) is 0 Å². The second-order valence-electron chi connectivity index (χ2n) is 3.27. The molecule has 0 saturated carbocycles. The SMILES string of the molecule is CC1Cc2cc(F)cnc2C1. The Morgan fingerprint density at radius 1 is 1.55 bits per heavy atom. The molecule has 0 amide bonds. The molecule has 11 heavy (non-hydrogen) atoms. The maximum Gasteiger partial charge on any atom is 0.141 e. The van der Waals surface area contributed by atoms with Crippen molar-refractivity contribution in [1.82, 2.24) is 4.98 Å². The number of hydrogen-bond acceptors (Lipinski definition) is 1. The second-order valence-corrected chi connectivity index (χ2v) is 3.27. The van der Waals surface area contributed by atoms with Gasteiger partial charge in [0.15, 0.2) is 0 Å².